The monoisotopic (exact) mass is 745 g/mol. The molecule has 10 nitrogen and oxygen atoms in total. The predicted molar refractivity (Wildman–Crippen MR) is 193 cm³/mol. The van der Waals surface area contributed by atoms with Crippen LogP contribution in [0.2, 0.25) is 10.0 Å². The molecule has 4 atom stereocenters. The van der Waals surface area contributed by atoms with Crippen LogP contribution < -0.4 is 24.2 Å². The Morgan fingerprint density at radius 1 is 1.00 bits per heavy atom. The number of esters is 1. The fourth-order valence-corrected chi connectivity index (χ4v) is 9.44. The number of halogens is 2. The summed E-state index contributed by atoms with van der Waals surface area (Å²) in [6, 6.07) is 19.8. The number of nitrogens with zero attached hydrogens (tertiary/aromatic N) is 3. The van der Waals surface area contributed by atoms with E-state index in [4.69, 9.17) is 37.4 Å². The Hall–Kier alpha value is -4.51. The first-order valence-electron chi connectivity index (χ1n) is 17.4. The number of piperidine rings is 3. The van der Waals surface area contributed by atoms with Gasteiger partial charge in [-0.2, -0.15) is 0 Å². The Bertz CT molecular complexity index is 1960. The third kappa shape index (κ3) is 6.31. The largest absolute Gasteiger partial charge is 0.547 e. The van der Waals surface area contributed by atoms with E-state index in [-0.39, 0.29) is 33.9 Å². The van der Waals surface area contributed by atoms with Crippen molar-refractivity contribution in [2.45, 2.75) is 37.3 Å². The third-order valence-corrected chi connectivity index (χ3v) is 12.1. The van der Waals surface area contributed by atoms with Gasteiger partial charge in [0.05, 0.1) is 25.8 Å². The Labute approximate surface area is 313 Å². The fraction of sp³-hybridized carbons (Fsp3) is 0.375. The van der Waals surface area contributed by atoms with Gasteiger partial charge in [-0.25, -0.2) is 4.79 Å². The Balaban J connectivity index is 1.19. The standard InChI is InChI=1S/C40H41Cl2N3O7/c1-43(40(39(47)48)31-7-5-4-6-26(31)18-32(40)30-21-44-16-14-24(30)15-17-44)28-11-8-25(9-12-28)38(46)52-36(20-29-33(41)22-45(49)23-34(29)42)27-10-13-35(50-2)37(19-27)51-3/h4-13,19,22-24,30,32,36H,14-18,20-21H2,1-3H3,(H-,47,48,49)/t30-,32?,36+,40?/m1/s1. The number of ether oxygens (including phenoxy) is 3. The number of likely N-dealkylation sites (N-methyl/N-ethyl adjacent to an activating group) is 1. The first-order chi connectivity index (χ1) is 25.0. The molecule has 8 rings (SSSR count). The van der Waals surface area contributed by atoms with Crippen LogP contribution in [-0.2, 0) is 27.9 Å². The van der Waals surface area contributed by atoms with Gasteiger partial charge >= 0.3 is 5.97 Å². The van der Waals surface area contributed by atoms with Crippen LogP contribution in [0.5, 0.6) is 11.5 Å². The highest BCUT2D eigenvalue weighted by atomic mass is 35.5. The number of carboxylic acid groups (broad SMARTS) is 1. The molecule has 2 bridgehead atoms. The van der Waals surface area contributed by atoms with Gasteiger partial charge in [0.1, 0.15) is 21.7 Å². The topological polar surface area (TPSA) is 115 Å². The summed E-state index contributed by atoms with van der Waals surface area (Å²) < 4.78 is 17.8. The quantitative estimate of drug-likeness (QED) is 0.125. The Morgan fingerprint density at radius 3 is 2.29 bits per heavy atom. The number of pyridine rings is 1. The third-order valence-electron chi connectivity index (χ3n) is 11.4. The van der Waals surface area contributed by atoms with Gasteiger partial charge in [0.25, 0.3) is 0 Å². The number of carbonyl (C=O) groups is 2. The average Bonchev–Trinajstić information content (AvgIpc) is 3.52. The molecule has 3 saturated heterocycles. The number of carboxylic acids is 1. The lowest BCUT2D eigenvalue weighted by Gasteiger charge is -2.54. The number of aromatic nitrogens is 1. The van der Waals surface area contributed by atoms with Crippen molar-refractivity contribution >= 4 is 40.8 Å². The van der Waals surface area contributed by atoms with Crippen LogP contribution in [0.1, 0.15) is 51.6 Å². The normalized spacial score (nSPS) is 23.8. The maximum absolute atomic E-state index is 13.8. The summed E-state index contributed by atoms with van der Waals surface area (Å²) in [5.41, 5.74) is 2.40. The number of rotatable bonds is 11. The number of hydrogen-bond donors (Lipinski definition) is 1. The molecular formula is C40H41Cl2N3O7. The Kier molecular flexibility index (Phi) is 9.99. The van der Waals surface area contributed by atoms with E-state index >= 15 is 0 Å². The van der Waals surface area contributed by atoms with E-state index < -0.39 is 23.6 Å². The number of benzene rings is 3. The molecule has 272 valence electrons. The number of hydrogen-bond acceptors (Lipinski definition) is 9. The van der Waals surface area contributed by atoms with E-state index in [9.17, 15) is 19.9 Å². The van der Waals surface area contributed by atoms with Crippen LogP contribution in [0.3, 0.4) is 0 Å². The molecule has 3 aromatic carbocycles. The van der Waals surface area contributed by atoms with E-state index in [0.717, 1.165) is 48.3 Å². The highest BCUT2D eigenvalue weighted by Crippen LogP contribution is 2.53. The lowest BCUT2D eigenvalue weighted by molar-refractivity contribution is -0.904. The van der Waals surface area contributed by atoms with Gasteiger partial charge in [0.15, 0.2) is 11.5 Å². The lowest BCUT2D eigenvalue weighted by Crippen LogP contribution is -2.63. The number of anilines is 1. The highest BCUT2D eigenvalue weighted by molar-refractivity contribution is 6.35. The zero-order chi connectivity index (χ0) is 36.7. The molecule has 1 aliphatic carbocycles. The van der Waals surface area contributed by atoms with Crippen molar-refractivity contribution in [3.63, 3.8) is 0 Å². The van der Waals surface area contributed by atoms with Gasteiger partial charge in [0, 0.05) is 41.9 Å². The minimum Gasteiger partial charge on any atom is -0.547 e. The molecule has 1 aromatic heterocycles. The minimum absolute atomic E-state index is 0.0923. The van der Waals surface area contributed by atoms with Gasteiger partial charge in [-0.3, -0.25) is 5.21 Å². The summed E-state index contributed by atoms with van der Waals surface area (Å²) in [7, 11) is 4.86. The first kappa shape index (κ1) is 35.9. The molecule has 3 fully saturated rings. The van der Waals surface area contributed by atoms with Crippen molar-refractivity contribution in [2.75, 3.05) is 45.8 Å². The summed E-state index contributed by atoms with van der Waals surface area (Å²) in [5, 5.41) is 23.9. The van der Waals surface area contributed by atoms with Crippen molar-refractivity contribution in [3.8, 4) is 11.5 Å². The van der Waals surface area contributed by atoms with Crippen LogP contribution >= 0.6 is 23.2 Å². The molecule has 4 aliphatic rings. The molecule has 0 saturated carbocycles. The van der Waals surface area contributed by atoms with E-state index in [1.807, 2.05) is 36.2 Å². The molecule has 0 spiro atoms. The average molecular weight is 747 g/mol. The zero-order valence-corrected chi connectivity index (χ0v) is 30.8. The smallest absolute Gasteiger partial charge is 0.338 e. The van der Waals surface area contributed by atoms with Crippen molar-refractivity contribution < 1.29 is 38.8 Å². The summed E-state index contributed by atoms with van der Waals surface area (Å²) in [5.74, 6) is -0.281. The second-order valence-electron chi connectivity index (χ2n) is 14.0. The number of methoxy groups -OCH3 is 2. The van der Waals surface area contributed by atoms with Gasteiger partial charge in [-0.15, -0.1) is 0 Å². The van der Waals surface area contributed by atoms with E-state index in [1.54, 1.807) is 42.5 Å². The van der Waals surface area contributed by atoms with E-state index in [2.05, 4.69) is 4.90 Å². The van der Waals surface area contributed by atoms with Gasteiger partial charge < -0.3 is 33.9 Å². The summed E-state index contributed by atoms with van der Waals surface area (Å²) in [6.07, 6.45) is 4.65. The molecule has 4 aromatic rings. The second kappa shape index (κ2) is 14.5. The van der Waals surface area contributed by atoms with Crippen LogP contribution in [0.15, 0.2) is 79.1 Å². The van der Waals surface area contributed by atoms with Crippen molar-refractivity contribution in [3.05, 3.63) is 117 Å². The van der Waals surface area contributed by atoms with Crippen LogP contribution in [0.25, 0.3) is 0 Å². The Morgan fingerprint density at radius 2 is 1.67 bits per heavy atom. The van der Waals surface area contributed by atoms with E-state index in [0.29, 0.717) is 40.7 Å². The van der Waals surface area contributed by atoms with Crippen molar-refractivity contribution in [1.29, 1.82) is 0 Å². The summed E-state index contributed by atoms with van der Waals surface area (Å²) in [6.45, 7) is 3.01. The highest BCUT2D eigenvalue weighted by Gasteiger charge is 2.56. The zero-order valence-electron chi connectivity index (χ0n) is 29.3. The van der Waals surface area contributed by atoms with E-state index in [1.165, 1.54) is 26.6 Å². The summed E-state index contributed by atoms with van der Waals surface area (Å²) >= 11 is 12.9. The lowest BCUT2D eigenvalue weighted by atomic mass is 9.65. The number of aliphatic carboxylic acids is 1. The predicted octanol–water partition coefficient (Wildman–Crippen LogP) is 5.27. The molecule has 52 heavy (non-hydrogen) atoms. The number of carbonyl (C=O) groups excluding carboxylic acids is 2. The number of fused-ring (bicyclic) bond motifs is 4. The summed E-state index contributed by atoms with van der Waals surface area (Å²) in [4.78, 5) is 31.7. The molecule has 2 unspecified atom stereocenters. The maximum Gasteiger partial charge on any atom is 0.338 e. The molecule has 3 aliphatic heterocycles. The molecule has 0 radical (unpaired) electrons. The minimum atomic E-state index is -1.39. The maximum atomic E-state index is 13.8. The molecular weight excluding hydrogens is 705 g/mol. The van der Waals surface area contributed by atoms with Crippen molar-refractivity contribution in [1.82, 2.24) is 4.90 Å². The van der Waals surface area contributed by atoms with Crippen LogP contribution in [0.4, 0.5) is 5.69 Å². The van der Waals surface area contributed by atoms with Gasteiger partial charge in [-0.05, 0) is 97.3 Å². The first-order valence-corrected chi connectivity index (χ1v) is 18.2. The molecule has 1 N–H and O–H groups in total. The van der Waals surface area contributed by atoms with Gasteiger partial charge in [0.2, 0.25) is 12.4 Å². The SMILES string of the molecule is COc1ccc([C@H](Cc2c(Cl)c[n+](O)cc2Cl)OC(=O)c2ccc(N(C)C3(C(=O)[O-])c4ccccc4CC3[C@@H]3CN4CCC3CC4)cc2)cc1OC. The molecule has 12 heteroatoms. The fourth-order valence-electron chi connectivity index (χ4n) is 8.83. The second-order valence-corrected chi connectivity index (χ2v) is 14.8. The van der Waals surface area contributed by atoms with Gasteiger partial charge in [-0.1, -0.05) is 53.5 Å². The van der Waals surface area contributed by atoms with Crippen LogP contribution in [-0.4, -0.2) is 62.9 Å². The molecule has 0 amide bonds. The van der Waals surface area contributed by atoms with Crippen molar-refractivity contribution in [2.24, 2.45) is 17.8 Å². The van der Waals surface area contributed by atoms with Crippen LogP contribution in [0, 0.1) is 17.8 Å². The molecule has 4 heterocycles.